The average molecular weight is 267 g/mol. The maximum Gasteiger partial charge on any atom is 0.157 e. The molecule has 0 aromatic carbocycles. The van der Waals surface area contributed by atoms with Crippen LogP contribution >= 0.6 is 0 Å². The van der Waals surface area contributed by atoms with E-state index in [4.69, 9.17) is 4.74 Å². The molecule has 1 heterocycles. The van der Waals surface area contributed by atoms with E-state index >= 15 is 0 Å². The van der Waals surface area contributed by atoms with Crippen LogP contribution in [0.25, 0.3) is 0 Å². The van der Waals surface area contributed by atoms with Crippen LogP contribution in [0.2, 0.25) is 0 Å². The number of aryl methyl sites for hydroxylation is 1. The molecule has 4 nitrogen and oxygen atoms in total. The summed E-state index contributed by atoms with van der Waals surface area (Å²) in [6.45, 7) is 11.9. The number of hydrogen-bond donors (Lipinski definition) is 1. The van der Waals surface area contributed by atoms with Crippen LogP contribution < -0.4 is 10.1 Å². The highest BCUT2D eigenvalue weighted by Crippen LogP contribution is 2.13. The zero-order valence-corrected chi connectivity index (χ0v) is 12.9. The summed E-state index contributed by atoms with van der Waals surface area (Å²) in [5, 5.41) is 7.72. The molecule has 0 fully saturated rings. The van der Waals surface area contributed by atoms with E-state index < -0.39 is 0 Å². The van der Waals surface area contributed by atoms with Crippen molar-refractivity contribution >= 4 is 0 Å². The van der Waals surface area contributed by atoms with Crippen LogP contribution in [0.3, 0.4) is 0 Å². The third kappa shape index (κ3) is 7.21. The molecule has 0 aliphatic heterocycles. The Bertz CT molecular complexity index is 336. The van der Waals surface area contributed by atoms with Crippen LogP contribution in [0.15, 0.2) is 12.4 Å². The molecule has 1 unspecified atom stereocenters. The molecule has 1 aromatic heterocycles. The van der Waals surface area contributed by atoms with Crippen molar-refractivity contribution in [3.8, 4) is 5.75 Å². The minimum absolute atomic E-state index is 0.250. The highest BCUT2D eigenvalue weighted by Gasteiger charge is 2.06. The molecular formula is C15H29N3O. The third-order valence-electron chi connectivity index (χ3n) is 2.92. The summed E-state index contributed by atoms with van der Waals surface area (Å²) in [4.78, 5) is 0. The van der Waals surface area contributed by atoms with Gasteiger partial charge < -0.3 is 10.1 Å². The van der Waals surface area contributed by atoms with Gasteiger partial charge in [-0.05, 0) is 45.2 Å². The van der Waals surface area contributed by atoms with Gasteiger partial charge in [0, 0.05) is 6.54 Å². The quantitative estimate of drug-likeness (QED) is 0.662. The fraction of sp³-hybridized carbons (Fsp3) is 0.800. The van der Waals surface area contributed by atoms with Gasteiger partial charge in [0.25, 0.3) is 0 Å². The van der Waals surface area contributed by atoms with Crippen LogP contribution in [0, 0.1) is 5.92 Å². The van der Waals surface area contributed by atoms with Gasteiger partial charge in [0.05, 0.1) is 18.5 Å². The second-order valence-corrected chi connectivity index (χ2v) is 5.61. The largest absolute Gasteiger partial charge is 0.487 e. The first kappa shape index (κ1) is 16.0. The van der Waals surface area contributed by atoms with E-state index in [0.29, 0.717) is 0 Å². The van der Waals surface area contributed by atoms with Gasteiger partial charge in [0.2, 0.25) is 0 Å². The molecule has 1 rings (SSSR count). The molecule has 0 aliphatic carbocycles. The molecular weight excluding hydrogens is 238 g/mol. The van der Waals surface area contributed by atoms with E-state index in [9.17, 15) is 0 Å². The van der Waals surface area contributed by atoms with Crippen LogP contribution in [-0.4, -0.2) is 29.0 Å². The highest BCUT2D eigenvalue weighted by atomic mass is 16.5. The molecule has 19 heavy (non-hydrogen) atoms. The molecule has 110 valence electrons. The minimum Gasteiger partial charge on any atom is -0.487 e. The lowest BCUT2D eigenvalue weighted by Gasteiger charge is -2.13. The molecule has 4 heteroatoms. The van der Waals surface area contributed by atoms with Crippen molar-refractivity contribution in [2.45, 2.75) is 59.6 Å². The van der Waals surface area contributed by atoms with Gasteiger partial charge in [-0.2, -0.15) is 5.10 Å². The molecule has 0 aliphatic rings. The van der Waals surface area contributed by atoms with Crippen molar-refractivity contribution in [1.82, 2.24) is 15.1 Å². The molecule has 0 saturated heterocycles. The summed E-state index contributed by atoms with van der Waals surface area (Å²) in [5.41, 5.74) is 0. The van der Waals surface area contributed by atoms with Crippen LogP contribution in [0.1, 0.15) is 47.0 Å². The Morgan fingerprint density at radius 1 is 1.37 bits per heavy atom. The van der Waals surface area contributed by atoms with Crippen molar-refractivity contribution in [2.24, 2.45) is 5.92 Å². The number of nitrogens with zero attached hydrogens (tertiary/aromatic N) is 2. The van der Waals surface area contributed by atoms with Gasteiger partial charge >= 0.3 is 0 Å². The van der Waals surface area contributed by atoms with Crippen LogP contribution in [0.5, 0.6) is 5.75 Å². The van der Waals surface area contributed by atoms with E-state index in [1.165, 1.54) is 0 Å². The third-order valence-corrected chi connectivity index (χ3v) is 2.92. The van der Waals surface area contributed by atoms with Gasteiger partial charge in [-0.15, -0.1) is 0 Å². The average Bonchev–Trinajstić information content (AvgIpc) is 2.76. The number of rotatable bonds is 10. The second kappa shape index (κ2) is 8.97. The Morgan fingerprint density at radius 3 is 2.84 bits per heavy atom. The van der Waals surface area contributed by atoms with Crippen molar-refractivity contribution < 1.29 is 4.74 Å². The first-order chi connectivity index (χ1) is 9.11. The van der Waals surface area contributed by atoms with E-state index in [0.717, 1.165) is 50.6 Å². The second-order valence-electron chi connectivity index (χ2n) is 5.61. The van der Waals surface area contributed by atoms with Gasteiger partial charge in [-0.3, -0.25) is 4.68 Å². The molecule has 0 bridgehead atoms. The normalized spacial score (nSPS) is 12.9. The van der Waals surface area contributed by atoms with Crippen molar-refractivity contribution in [1.29, 1.82) is 0 Å². The zero-order chi connectivity index (χ0) is 14.1. The molecule has 1 N–H and O–H groups in total. The summed E-state index contributed by atoms with van der Waals surface area (Å²) in [6.07, 6.45) is 7.36. The summed E-state index contributed by atoms with van der Waals surface area (Å²) >= 11 is 0. The highest BCUT2D eigenvalue weighted by molar-refractivity contribution is 5.11. The van der Waals surface area contributed by atoms with E-state index in [2.05, 4.69) is 38.1 Å². The SMILES string of the molecule is CCCn1cc(OC(C)CCCNCC(C)C)cn1. The fourth-order valence-corrected chi connectivity index (χ4v) is 1.95. The lowest BCUT2D eigenvalue weighted by atomic mass is 10.2. The molecule has 1 aromatic rings. The van der Waals surface area contributed by atoms with Gasteiger partial charge in [-0.25, -0.2) is 0 Å². The predicted octanol–water partition coefficient (Wildman–Crippen LogP) is 3.09. The summed E-state index contributed by atoms with van der Waals surface area (Å²) < 4.78 is 7.79. The lowest BCUT2D eigenvalue weighted by Crippen LogP contribution is -2.22. The Kier molecular flexibility index (Phi) is 7.56. The zero-order valence-electron chi connectivity index (χ0n) is 12.9. The predicted molar refractivity (Wildman–Crippen MR) is 79.5 cm³/mol. The van der Waals surface area contributed by atoms with Crippen LogP contribution in [-0.2, 0) is 6.54 Å². The lowest BCUT2D eigenvalue weighted by molar-refractivity contribution is 0.207. The Balaban J connectivity index is 2.14. The summed E-state index contributed by atoms with van der Waals surface area (Å²) in [6, 6.07) is 0. The number of ether oxygens (including phenoxy) is 1. The van der Waals surface area contributed by atoms with Crippen molar-refractivity contribution in [3.63, 3.8) is 0 Å². The van der Waals surface area contributed by atoms with Crippen LogP contribution in [0.4, 0.5) is 0 Å². The fourth-order valence-electron chi connectivity index (χ4n) is 1.95. The first-order valence-corrected chi connectivity index (χ1v) is 7.51. The maximum absolute atomic E-state index is 5.86. The van der Waals surface area contributed by atoms with Gasteiger partial charge in [0.15, 0.2) is 5.75 Å². The summed E-state index contributed by atoms with van der Waals surface area (Å²) in [7, 11) is 0. The Hall–Kier alpha value is -1.03. The minimum atomic E-state index is 0.250. The van der Waals surface area contributed by atoms with E-state index in [-0.39, 0.29) is 6.10 Å². The smallest absolute Gasteiger partial charge is 0.157 e. The standard InChI is InChI=1S/C15H29N3O/c1-5-9-18-12-15(11-17-18)19-14(4)7-6-8-16-10-13(2)3/h11-14,16H,5-10H2,1-4H3. The van der Waals surface area contributed by atoms with Crippen molar-refractivity contribution in [2.75, 3.05) is 13.1 Å². The summed E-state index contributed by atoms with van der Waals surface area (Å²) in [5.74, 6) is 1.61. The number of hydrogen-bond acceptors (Lipinski definition) is 3. The van der Waals surface area contributed by atoms with Gasteiger partial charge in [-0.1, -0.05) is 20.8 Å². The van der Waals surface area contributed by atoms with Crippen molar-refractivity contribution in [3.05, 3.63) is 12.4 Å². The molecule has 0 spiro atoms. The Morgan fingerprint density at radius 2 is 2.16 bits per heavy atom. The number of aromatic nitrogens is 2. The first-order valence-electron chi connectivity index (χ1n) is 7.51. The Labute approximate surface area is 117 Å². The van der Waals surface area contributed by atoms with Gasteiger partial charge in [0.1, 0.15) is 0 Å². The molecule has 0 amide bonds. The topological polar surface area (TPSA) is 39.1 Å². The maximum atomic E-state index is 5.86. The molecule has 1 atom stereocenters. The number of nitrogens with one attached hydrogen (secondary N) is 1. The van der Waals surface area contributed by atoms with E-state index in [1.54, 1.807) is 0 Å². The monoisotopic (exact) mass is 267 g/mol. The molecule has 0 saturated carbocycles. The van der Waals surface area contributed by atoms with E-state index in [1.807, 2.05) is 17.1 Å². The molecule has 0 radical (unpaired) electrons.